The summed E-state index contributed by atoms with van der Waals surface area (Å²) in [6.45, 7) is 4.21. The molecule has 1 aliphatic heterocycles. The minimum atomic E-state index is 0.444. The molecule has 2 aromatic rings. The predicted molar refractivity (Wildman–Crippen MR) is 73.5 cm³/mol. The molecule has 0 unspecified atom stereocenters. The van der Waals surface area contributed by atoms with E-state index in [4.69, 9.17) is 0 Å². The van der Waals surface area contributed by atoms with E-state index >= 15 is 0 Å². The molecule has 1 fully saturated rings. The third kappa shape index (κ3) is 2.44. The van der Waals surface area contributed by atoms with Gasteiger partial charge < -0.3 is 0 Å². The Bertz CT molecular complexity index is 510. The van der Waals surface area contributed by atoms with E-state index in [1.54, 1.807) is 0 Å². The van der Waals surface area contributed by atoms with Crippen molar-refractivity contribution in [2.24, 2.45) is 0 Å². The van der Waals surface area contributed by atoms with Crippen LogP contribution in [0.2, 0.25) is 0 Å². The summed E-state index contributed by atoms with van der Waals surface area (Å²) in [6.07, 6.45) is 6.20. The van der Waals surface area contributed by atoms with E-state index in [0.717, 1.165) is 24.5 Å². The molecule has 94 valence electrons. The quantitative estimate of drug-likeness (QED) is 0.847. The molecule has 0 bridgehead atoms. The van der Waals surface area contributed by atoms with Gasteiger partial charge in [-0.1, -0.05) is 6.07 Å². The van der Waals surface area contributed by atoms with Crippen LogP contribution in [0.1, 0.15) is 35.1 Å². The maximum atomic E-state index is 4.63. The van der Waals surface area contributed by atoms with Gasteiger partial charge in [0.15, 0.2) is 0 Å². The van der Waals surface area contributed by atoms with E-state index in [1.165, 1.54) is 17.7 Å². The molecule has 1 atom stereocenters. The van der Waals surface area contributed by atoms with E-state index < -0.39 is 0 Å². The Morgan fingerprint density at radius 2 is 2.39 bits per heavy atom. The van der Waals surface area contributed by atoms with Crippen LogP contribution in [0.15, 0.2) is 29.9 Å². The van der Waals surface area contributed by atoms with Crippen molar-refractivity contribution in [1.29, 1.82) is 0 Å². The minimum absolute atomic E-state index is 0.444. The lowest BCUT2D eigenvalue weighted by Gasteiger charge is -2.23. The first-order valence-corrected chi connectivity index (χ1v) is 7.26. The van der Waals surface area contributed by atoms with Gasteiger partial charge in [-0.25, -0.2) is 0 Å². The summed E-state index contributed by atoms with van der Waals surface area (Å²) in [4.78, 5) is 12.9. The largest absolute Gasteiger partial charge is 0.290 e. The molecule has 0 N–H and O–H groups in total. The third-order valence-corrected chi connectivity index (χ3v) is 4.28. The Balaban J connectivity index is 1.79. The predicted octanol–water partition coefficient (Wildman–Crippen LogP) is 3.18. The zero-order valence-corrected chi connectivity index (χ0v) is 11.4. The Morgan fingerprint density at radius 1 is 1.44 bits per heavy atom. The van der Waals surface area contributed by atoms with Crippen molar-refractivity contribution in [2.75, 3.05) is 6.54 Å². The lowest BCUT2D eigenvalue weighted by molar-refractivity contribution is 0.246. The molecule has 1 aliphatic rings. The van der Waals surface area contributed by atoms with Crippen molar-refractivity contribution in [1.82, 2.24) is 14.9 Å². The van der Waals surface area contributed by atoms with Gasteiger partial charge in [0.05, 0.1) is 17.4 Å². The highest BCUT2D eigenvalue weighted by Crippen LogP contribution is 2.32. The topological polar surface area (TPSA) is 29.0 Å². The number of likely N-dealkylation sites (tertiary alicyclic amines) is 1. The number of rotatable bonds is 3. The molecule has 0 spiro atoms. The number of aryl methyl sites for hydroxylation is 1. The van der Waals surface area contributed by atoms with Crippen LogP contribution in [0.3, 0.4) is 0 Å². The number of hydrogen-bond acceptors (Lipinski definition) is 4. The smallest absolute Gasteiger partial charge is 0.0761 e. The van der Waals surface area contributed by atoms with Gasteiger partial charge in [-0.3, -0.25) is 14.9 Å². The molecule has 2 aromatic heterocycles. The highest BCUT2D eigenvalue weighted by molar-refractivity contribution is 7.09. The number of thiophene rings is 1. The fourth-order valence-electron chi connectivity index (χ4n) is 2.60. The molecule has 0 amide bonds. The van der Waals surface area contributed by atoms with Crippen molar-refractivity contribution in [2.45, 2.75) is 32.4 Å². The van der Waals surface area contributed by atoms with Gasteiger partial charge in [-0.05, 0) is 37.8 Å². The first-order valence-electron chi connectivity index (χ1n) is 6.38. The van der Waals surface area contributed by atoms with Crippen molar-refractivity contribution < 1.29 is 0 Å². The molecular formula is C14H17N3S. The van der Waals surface area contributed by atoms with E-state index in [-0.39, 0.29) is 0 Å². The van der Waals surface area contributed by atoms with Gasteiger partial charge in [0, 0.05) is 23.8 Å². The fraction of sp³-hybridized carbons (Fsp3) is 0.429. The Labute approximate surface area is 112 Å². The summed E-state index contributed by atoms with van der Waals surface area (Å²) in [5, 5.41) is 2.15. The van der Waals surface area contributed by atoms with Crippen LogP contribution in [-0.2, 0) is 6.54 Å². The van der Waals surface area contributed by atoms with Crippen molar-refractivity contribution in [3.8, 4) is 0 Å². The minimum Gasteiger partial charge on any atom is -0.290 e. The van der Waals surface area contributed by atoms with Crippen LogP contribution < -0.4 is 0 Å². The molecule has 0 aromatic carbocycles. The first-order chi connectivity index (χ1) is 8.83. The maximum absolute atomic E-state index is 4.63. The lowest BCUT2D eigenvalue weighted by atomic mass is 10.1. The van der Waals surface area contributed by atoms with Crippen LogP contribution in [0.5, 0.6) is 0 Å². The van der Waals surface area contributed by atoms with Crippen LogP contribution in [-0.4, -0.2) is 21.4 Å². The van der Waals surface area contributed by atoms with Gasteiger partial charge in [0.1, 0.15) is 0 Å². The molecule has 1 saturated heterocycles. The van der Waals surface area contributed by atoms with Gasteiger partial charge in [-0.15, -0.1) is 11.3 Å². The average Bonchev–Trinajstić information content (AvgIpc) is 3.01. The Hall–Kier alpha value is -1.26. The normalized spacial score (nSPS) is 20.4. The van der Waals surface area contributed by atoms with Crippen LogP contribution in [0.4, 0.5) is 0 Å². The summed E-state index contributed by atoms with van der Waals surface area (Å²) >= 11 is 1.83. The van der Waals surface area contributed by atoms with Crippen molar-refractivity contribution in [3.63, 3.8) is 0 Å². The summed E-state index contributed by atoms with van der Waals surface area (Å²) in [6, 6.07) is 4.78. The molecule has 3 heterocycles. The molecule has 3 nitrogen and oxygen atoms in total. The molecule has 0 aliphatic carbocycles. The van der Waals surface area contributed by atoms with E-state index in [9.17, 15) is 0 Å². The van der Waals surface area contributed by atoms with Gasteiger partial charge in [0.25, 0.3) is 0 Å². The SMILES string of the molecule is Cc1cncc([C@@H]2CCCN2Cc2cccs2)n1. The fourth-order valence-corrected chi connectivity index (χ4v) is 3.33. The number of aromatic nitrogens is 2. The van der Waals surface area contributed by atoms with E-state index in [0.29, 0.717) is 6.04 Å². The second kappa shape index (κ2) is 5.16. The maximum Gasteiger partial charge on any atom is 0.0761 e. The Morgan fingerprint density at radius 3 is 3.17 bits per heavy atom. The second-order valence-electron chi connectivity index (χ2n) is 4.79. The zero-order chi connectivity index (χ0) is 12.4. The van der Waals surface area contributed by atoms with Gasteiger partial charge in [0.2, 0.25) is 0 Å². The van der Waals surface area contributed by atoms with E-state index in [1.807, 2.05) is 30.7 Å². The third-order valence-electron chi connectivity index (χ3n) is 3.42. The van der Waals surface area contributed by atoms with Crippen LogP contribution >= 0.6 is 11.3 Å². The lowest BCUT2D eigenvalue weighted by Crippen LogP contribution is -2.23. The highest BCUT2D eigenvalue weighted by Gasteiger charge is 2.27. The standard InChI is InChI=1S/C14H17N3S/c1-11-8-15-9-13(16-11)14-5-2-6-17(14)10-12-4-3-7-18-12/h3-4,7-9,14H,2,5-6,10H2,1H3/t14-/m0/s1. The second-order valence-corrected chi connectivity index (χ2v) is 5.83. The zero-order valence-electron chi connectivity index (χ0n) is 10.5. The van der Waals surface area contributed by atoms with Crippen molar-refractivity contribution in [3.05, 3.63) is 46.2 Å². The molecule has 4 heteroatoms. The molecule has 3 rings (SSSR count). The van der Waals surface area contributed by atoms with Crippen LogP contribution in [0, 0.1) is 6.92 Å². The van der Waals surface area contributed by atoms with E-state index in [2.05, 4.69) is 32.4 Å². The molecular weight excluding hydrogens is 242 g/mol. The van der Waals surface area contributed by atoms with Crippen molar-refractivity contribution >= 4 is 11.3 Å². The summed E-state index contributed by atoms with van der Waals surface area (Å²) in [7, 11) is 0. The van der Waals surface area contributed by atoms with Gasteiger partial charge >= 0.3 is 0 Å². The first kappa shape index (κ1) is 11.8. The molecule has 18 heavy (non-hydrogen) atoms. The summed E-state index contributed by atoms with van der Waals surface area (Å²) in [5.74, 6) is 0. The number of hydrogen-bond donors (Lipinski definition) is 0. The van der Waals surface area contributed by atoms with Crippen LogP contribution in [0.25, 0.3) is 0 Å². The Kier molecular flexibility index (Phi) is 3.39. The highest BCUT2D eigenvalue weighted by atomic mass is 32.1. The summed E-state index contributed by atoms with van der Waals surface area (Å²) < 4.78 is 0. The molecule has 0 saturated carbocycles. The van der Waals surface area contributed by atoms with Gasteiger partial charge in [-0.2, -0.15) is 0 Å². The molecule has 0 radical (unpaired) electrons. The monoisotopic (exact) mass is 259 g/mol. The average molecular weight is 259 g/mol. The number of nitrogens with zero attached hydrogens (tertiary/aromatic N) is 3. The summed E-state index contributed by atoms with van der Waals surface area (Å²) in [5.41, 5.74) is 2.14.